The predicted molar refractivity (Wildman–Crippen MR) is 59.5 cm³/mol. The second-order valence-electron chi connectivity index (χ2n) is 5.31. The van der Waals surface area contributed by atoms with E-state index in [2.05, 4.69) is 35.5 Å². The molecule has 4 nitrogen and oxygen atoms in total. The van der Waals surface area contributed by atoms with Crippen molar-refractivity contribution >= 4 is 0 Å². The highest BCUT2D eigenvalue weighted by Crippen LogP contribution is 2.37. The van der Waals surface area contributed by atoms with E-state index in [1.807, 2.05) is 0 Å². The fraction of sp³-hybridized carbons (Fsp3) is 0.818. The van der Waals surface area contributed by atoms with Gasteiger partial charge in [-0.05, 0) is 33.6 Å². The molecule has 0 radical (unpaired) electrons. The minimum absolute atomic E-state index is 0.0309. The summed E-state index contributed by atoms with van der Waals surface area (Å²) in [6.45, 7) is 7.00. The van der Waals surface area contributed by atoms with E-state index >= 15 is 0 Å². The lowest BCUT2D eigenvalue weighted by atomic mass is 9.84. The lowest BCUT2D eigenvalue weighted by molar-refractivity contribution is 0.322. The van der Waals surface area contributed by atoms with Crippen LogP contribution in [0, 0.1) is 0 Å². The molecule has 1 aliphatic carbocycles. The first-order valence-corrected chi connectivity index (χ1v) is 5.69. The fourth-order valence-electron chi connectivity index (χ4n) is 2.12. The lowest BCUT2D eigenvalue weighted by Crippen LogP contribution is -2.29. The minimum atomic E-state index is 0.0309. The van der Waals surface area contributed by atoms with E-state index in [0.29, 0.717) is 12.5 Å². The second-order valence-corrected chi connectivity index (χ2v) is 5.31. The van der Waals surface area contributed by atoms with Crippen molar-refractivity contribution in [1.82, 2.24) is 14.8 Å². The largest absolute Gasteiger partial charge is 0.324 e. The molecule has 1 aromatic heterocycles. The van der Waals surface area contributed by atoms with Crippen molar-refractivity contribution in [3.8, 4) is 0 Å². The highest BCUT2D eigenvalue weighted by atomic mass is 15.3. The van der Waals surface area contributed by atoms with Gasteiger partial charge in [0.25, 0.3) is 0 Å². The molecule has 0 spiro atoms. The van der Waals surface area contributed by atoms with Gasteiger partial charge in [-0.25, -0.2) is 0 Å². The van der Waals surface area contributed by atoms with Gasteiger partial charge in [0.05, 0.1) is 6.54 Å². The van der Waals surface area contributed by atoms with Crippen molar-refractivity contribution in [3.05, 3.63) is 11.6 Å². The lowest BCUT2D eigenvalue weighted by Gasteiger charge is -2.31. The topological polar surface area (TPSA) is 56.7 Å². The van der Waals surface area contributed by atoms with Gasteiger partial charge in [0.1, 0.15) is 11.6 Å². The number of nitrogens with two attached hydrogens (primary N) is 1. The minimum Gasteiger partial charge on any atom is -0.324 e. The number of rotatable bonds is 2. The van der Waals surface area contributed by atoms with Crippen LogP contribution in [0.1, 0.15) is 57.6 Å². The number of hydrogen-bond donors (Lipinski definition) is 1. The standard InChI is InChI=1S/C11H20N4/c1-11(2,3)15-9(7-12)13-14-10(15)8-5-4-6-8/h8H,4-7,12H2,1-3H3. The zero-order valence-electron chi connectivity index (χ0n) is 9.82. The summed E-state index contributed by atoms with van der Waals surface area (Å²) in [5.41, 5.74) is 5.73. The molecule has 1 heterocycles. The number of aromatic nitrogens is 3. The average molecular weight is 208 g/mol. The van der Waals surface area contributed by atoms with Crippen LogP contribution in [0.2, 0.25) is 0 Å². The first-order valence-electron chi connectivity index (χ1n) is 5.69. The summed E-state index contributed by atoms with van der Waals surface area (Å²) in [6.07, 6.45) is 3.82. The Morgan fingerprint density at radius 1 is 1.33 bits per heavy atom. The number of nitrogens with zero attached hydrogens (tertiary/aromatic N) is 3. The van der Waals surface area contributed by atoms with Crippen molar-refractivity contribution in [2.75, 3.05) is 0 Å². The first kappa shape index (κ1) is 10.6. The molecule has 0 aromatic carbocycles. The van der Waals surface area contributed by atoms with Crippen LogP contribution < -0.4 is 5.73 Å². The summed E-state index contributed by atoms with van der Waals surface area (Å²) in [6, 6.07) is 0. The third-order valence-electron chi connectivity index (χ3n) is 3.08. The quantitative estimate of drug-likeness (QED) is 0.805. The Morgan fingerprint density at radius 2 is 2.00 bits per heavy atom. The van der Waals surface area contributed by atoms with Crippen LogP contribution in [0.4, 0.5) is 0 Å². The van der Waals surface area contributed by atoms with Crippen LogP contribution in [0.3, 0.4) is 0 Å². The molecule has 1 aromatic rings. The molecule has 4 heteroatoms. The van der Waals surface area contributed by atoms with Crippen molar-refractivity contribution in [1.29, 1.82) is 0 Å². The Bertz CT molecular complexity index is 344. The molecule has 2 N–H and O–H groups in total. The van der Waals surface area contributed by atoms with Gasteiger partial charge in [0.2, 0.25) is 0 Å². The molecule has 0 aliphatic heterocycles. The van der Waals surface area contributed by atoms with Gasteiger partial charge in [-0.2, -0.15) is 0 Å². The van der Waals surface area contributed by atoms with Gasteiger partial charge in [-0.3, -0.25) is 0 Å². The smallest absolute Gasteiger partial charge is 0.147 e. The van der Waals surface area contributed by atoms with Gasteiger partial charge < -0.3 is 10.3 Å². The highest BCUT2D eigenvalue weighted by molar-refractivity contribution is 5.08. The molecular formula is C11H20N4. The third-order valence-corrected chi connectivity index (χ3v) is 3.08. The van der Waals surface area contributed by atoms with Gasteiger partial charge in [-0.15, -0.1) is 10.2 Å². The summed E-state index contributed by atoms with van der Waals surface area (Å²) >= 11 is 0. The van der Waals surface area contributed by atoms with Gasteiger partial charge in [0.15, 0.2) is 0 Å². The Hall–Kier alpha value is -0.900. The van der Waals surface area contributed by atoms with Gasteiger partial charge in [-0.1, -0.05) is 6.42 Å². The van der Waals surface area contributed by atoms with Crippen LogP contribution in [-0.4, -0.2) is 14.8 Å². The molecule has 0 atom stereocenters. The monoisotopic (exact) mass is 208 g/mol. The Labute approximate surface area is 90.9 Å². The SMILES string of the molecule is CC(C)(C)n1c(CN)nnc1C1CCC1. The summed E-state index contributed by atoms with van der Waals surface area (Å²) in [5.74, 6) is 2.65. The summed E-state index contributed by atoms with van der Waals surface area (Å²) < 4.78 is 2.22. The predicted octanol–water partition coefficient (Wildman–Crippen LogP) is 1.76. The molecule has 0 saturated heterocycles. The van der Waals surface area contributed by atoms with E-state index in [-0.39, 0.29) is 5.54 Å². The highest BCUT2D eigenvalue weighted by Gasteiger charge is 2.30. The summed E-state index contributed by atoms with van der Waals surface area (Å²) in [4.78, 5) is 0. The molecule has 1 aliphatic rings. The van der Waals surface area contributed by atoms with Gasteiger partial charge in [0, 0.05) is 11.5 Å². The molecule has 2 rings (SSSR count). The molecule has 0 bridgehead atoms. The number of hydrogen-bond acceptors (Lipinski definition) is 3. The molecule has 0 amide bonds. The average Bonchev–Trinajstić information content (AvgIpc) is 2.43. The van der Waals surface area contributed by atoms with Crippen molar-refractivity contribution in [2.45, 2.75) is 58.0 Å². The van der Waals surface area contributed by atoms with E-state index in [4.69, 9.17) is 5.73 Å². The van der Waals surface area contributed by atoms with E-state index in [0.717, 1.165) is 11.6 Å². The van der Waals surface area contributed by atoms with Crippen LogP contribution >= 0.6 is 0 Å². The van der Waals surface area contributed by atoms with Crippen LogP contribution in [0.5, 0.6) is 0 Å². The van der Waals surface area contributed by atoms with Crippen LogP contribution in [0.25, 0.3) is 0 Å². The first-order chi connectivity index (χ1) is 7.04. The summed E-state index contributed by atoms with van der Waals surface area (Å²) in [7, 11) is 0. The van der Waals surface area contributed by atoms with E-state index < -0.39 is 0 Å². The van der Waals surface area contributed by atoms with Gasteiger partial charge >= 0.3 is 0 Å². The zero-order valence-corrected chi connectivity index (χ0v) is 9.82. The normalized spacial score (nSPS) is 17.9. The second kappa shape index (κ2) is 3.59. The van der Waals surface area contributed by atoms with Crippen molar-refractivity contribution < 1.29 is 0 Å². The molecule has 1 fully saturated rings. The molecule has 1 saturated carbocycles. The molecule has 15 heavy (non-hydrogen) atoms. The molecular weight excluding hydrogens is 188 g/mol. The van der Waals surface area contributed by atoms with Crippen molar-refractivity contribution in [3.63, 3.8) is 0 Å². The molecule has 0 unspecified atom stereocenters. The summed E-state index contributed by atoms with van der Waals surface area (Å²) in [5, 5.41) is 8.50. The van der Waals surface area contributed by atoms with Crippen molar-refractivity contribution in [2.24, 2.45) is 5.73 Å². The maximum absolute atomic E-state index is 5.70. The maximum atomic E-state index is 5.70. The Kier molecular flexibility index (Phi) is 2.54. The maximum Gasteiger partial charge on any atom is 0.147 e. The Morgan fingerprint density at radius 3 is 2.40 bits per heavy atom. The van der Waals surface area contributed by atoms with E-state index in [1.165, 1.54) is 19.3 Å². The van der Waals surface area contributed by atoms with E-state index in [1.54, 1.807) is 0 Å². The Balaban J connectivity index is 2.41. The third kappa shape index (κ3) is 1.78. The zero-order chi connectivity index (χ0) is 11.1. The van der Waals surface area contributed by atoms with Crippen LogP contribution in [0.15, 0.2) is 0 Å². The fourth-order valence-corrected chi connectivity index (χ4v) is 2.12. The van der Waals surface area contributed by atoms with Crippen LogP contribution in [-0.2, 0) is 12.1 Å². The van der Waals surface area contributed by atoms with E-state index in [9.17, 15) is 0 Å². The molecule has 84 valence electrons.